The average Bonchev–Trinajstić information content (AvgIpc) is 2.59. The molecule has 1 unspecified atom stereocenters. The Bertz CT molecular complexity index is 318. The van der Waals surface area contributed by atoms with Gasteiger partial charge in [-0.3, -0.25) is 0 Å². The molecule has 0 radical (unpaired) electrons. The molecule has 0 aromatic heterocycles. The molecule has 0 amide bonds. The second kappa shape index (κ2) is 3.26. The number of rotatable bonds is 1. The van der Waals surface area contributed by atoms with Gasteiger partial charge in [-0.05, 0) is 29.9 Å². The predicted octanol–water partition coefficient (Wildman–Crippen LogP) is 2.67. The maximum atomic E-state index is 5.44. The topological polar surface area (TPSA) is 0 Å². The predicted molar refractivity (Wildman–Crippen MR) is 55.3 cm³/mol. The van der Waals surface area contributed by atoms with Gasteiger partial charge in [0.25, 0.3) is 0 Å². The molecule has 2 rings (SSSR count). The molecule has 1 aromatic carbocycles. The lowest BCUT2D eigenvalue weighted by Crippen LogP contribution is -2.09. The molecule has 13 heavy (non-hydrogen) atoms. The monoisotopic (exact) mass is 170 g/mol. The van der Waals surface area contributed by atoms with E-state index in [1.807, 2.05) is 0 Å². The van der Waals surface area contributed by atoms with Crippen LogP contribution in [0.3, 0.4) is 0 Å². The fraction of sp³-hybridized carbons (Fsp3) is 0.385. The molecular weight excluding hydrogens is 156 g/mol. The minimum absolute atomic E-state index is 0.410. The van der Waals surface area contributed by atoms with Crippen molar-refractivity contribution in [1.29, 1.82) is 0 Å². The number of hydrogen-bond acceptors (Lipinski definition) is 0. The molecule has 0 heterocycles. The summed E-state index contributed by atoms with van der Waals surface area (Å²) >= 11 is 0. The summed E-state index contributed by atoms with van der Waals surface area (Å²) in [6.07, 6.45) is 7.77. The van der Waals surface area contributed by atoms with Crippen molar-refractivity contribution in [1.82, 2.24) is 0 Å². The first-order valence-corrected chi connectivity index (χ1v) is 4.84. The Labute approximate surface area is 80.0 Å². The van der Waals surface area contributed by atoms with E-state index < -0.39 is 0 Å². The van der Waals surface area contributed by atoms with Crippen molar-refractivity contribution in [2.45, 2.75) is 19.8 Å². The summed E-state index contributed by atoms with van der Waals surface area (Å²) in [7, 11) is 0. The maximum Gasteiger partial charge on any atom is 0.0206 e. The smallest absolute Gasteiger partial charge is 0.0206 e. The van der Waals surface area contributed by atoms with Crippen LogP contribution in [0, 0.1) is 24.2 Å². The zero-order valence-electron chi connectivity index (χ0n) is 7.96. The minimum Gasteiger partial charge on any atom is -0.120 e. The van der Waals surface area contributed by atoms with Crippen LogP contribution in [-0.2, 0) is 12.8 Å². The molecule has 0 fully saturated rings. The van der Waals surface area contributed by atoms with Crippen molar-refractivity contribution in [3.05, 3.63) is 35.4 Å². The molecule has 0 nitrogen and oxygen atoms in total. The Morgan fingerprint density at radius 2 is 1.85 bits per heavy atom. The van der Waals surface area contributed by atoms with Crippen molar-refractivity contribution in [2.24, 2.45) is 11.8 Å². The molecule has 0 spiro atoms. The van der Waals surface area contributed by atoms with E-state index in [0.717, 1.165) is 0 Å². The summed E-state index contributed by atoms with van der Waals surface area (Å²) in [6, 6.07) is 8.67. The molecule has 1 atom stereocenters. The third kappa shape index (κ3) is 1.47. The van der Waals surface area contributed by atoms with Crippen molar-refractivity contribution in [3.8, 4) is 12.3 Å². The fourth-order valence-corrected chi connectivity index (χ4v) is 2.08. The van der Waals surface area contributed by atoms with E-state index >= 15 is 0 Å². The molecule has 1 aromatic rings. The van der Waals surface area contributed by atoms with Gasteiger partial charge in [0, 0.05) is 5.92 Å². The second-order valence-electron chi connectivity index (χ2n) is 3.89. The lowest BCUT2D eigenvalue weighted by Gasteiger charge is -2.11. The highest BCUT2D eigenvalue weighted by molar-refractivity contribution is 5.32. The minimum atomic E-state index is 0.410. The number of benzene rings is 1. The molecule has 0 aliphatic heterocycles. The van der Waals surface area contributed by atoms with Gasteiger partial charge in [0.2, 0.25) is 0 Å². The first-order valence-electron chi connectivity index (χ1n) is 4.84. The Balaban J connectivity index is 2.19. The fourth-order valence-electron chi connectivity index (χ4n) is 2.08. The summed E-state index contributed by atoms with van der Waals surface area (Å²) in [4.78, 5) is 0. The van der Waals surface area contributed by atoms with Crippen LogP contribution in [-0.4, -0.2) is 0 Å². The van der Waals surface area contributed by atoms with Crippen LogP contribution in [0.1, 0.15) is 18.1 Å². The van der Waals surface area contributed by atoms with Gasteiger partial charge in [0.05, 0.1) is 0 Å². The first-order chi connectivity index (χ1) is 6.31. The van der Waals surface area contributed by atoms with Gasteiger partial charge >= 0.3 is 0 Å². The van der Waals surface area contributed by atoms with E-state index in [0.29, 0.717) is 11.8 Å². The third-order valence-corrected chi connectivity index (χ3v) is 3.05. The lowest BCUT2D eigenvalue weighted by molar-refractivity contribution is 0.456. The summed E-state index contributed by atoms with van der Waals surface area (Å²) in [5, 5.41) is 0. The Kier molecular flexibility index (Phi) is 2.10. The van der Waals surface area contributed by atoms with Gasteiger partial charge in [-0.15, -0.1) is 12.3 Å². The number of hydrogen-bond donors (Lipinski definition) is 0. The number of terminal acetylenes is 1. The first kappa shape index (κ1) is 8.38. The van der Waals surface area contributed by atoms with E-state index in [1.54, 1.807) is 0 Å². The van der Waals surface area contributed by atoms with Gasteiger partial charge in [-0.25, -0.2) is 0 Å². The summed E-state index contributed by atoms with van der Waals surface area (Å²) in [5.41, 5.74) is 2.99. The van der Waals surface area contributed by atoms with E-state index in [9.17, 15) is 0 Å². The van der Waals surface area contributed by atoms with Crippen molar-refractivity contribution >= 4 is 0 Å². The zero-order valence-corrected chi connectivity index (χ0v) is 7.96. The van der Waals surface area contributed by atoms with E-state index in [-0.39, 0.29) is 0 Å². The summed E-state index contributed by atoms with van der Waals surface area (Å²) in [5.74, 6) is 3.92. The van der Waals surface area contributed by atoms with Gasteiger partial charge < -0.3 is 0 Å². The quantitative estimate of drug-likeness (QED) is 0.568. The largest absolute Gasteiger partial charge is 0.120 e. The van der Waals surface area contributed by atoms with Crippen molar-refractivity contribution in [3.63, 3.8) is 0 Å². The molecule has 1 aliphatic carbocycles. The zero-order chi connectivity index (χ0) is 9.26. The van der Waals surface area contributed by atoms with Gasteiger partial charge in [-0.1, -0.05) is 31.2 Å². The van der Waals surface area contributed by atoms with Crippen LogP contribution in [0.4, 0.5) is 0 Å². The van der Waals surface area contributed by atoms with Gasteiger partial charge in [0.1, 0.15) is 0 Å². The van der Waals surface area contributed by atoms with E-state index in [1.165, 1.54) is 24.0 Å². The standard InChI is InChI=1S/C13H14/c1-3-10(2)13-8-11-6-4-5-7-12(11)9-13/h1,4-7,10,13H,8-9H2,2H3. The van der Waals surface area contributed by atoms with Gasteiger partial charge in [-0.2, -0.15) is 0 Å². The van der Waals surface area contributed by atoms with Crippen LogP contribution >= 0.6 is 0 Å². The van der Waals surface area contributed by atoms with Crippen molar-refractivity contribution in [2.75, 3.05) is 0 Å². The number of fused-ring (bicyclic) bond motifs is 1. The highest BCUT2D eigenvalue weighted by Crippen LogP contribution is 2.30. The van der Waals surface area contributed by atoms with E-state index in [4.69, 9.17) is 6.42 Å². The SMILES string of the molecule is C#CC(C)C1Cc2ccccc2C1. The highest BCUT2D eigenvalue weighted by atomic mass is 14.3. The van der Waals surface area contributed by atoms with Crippen LogP contribution in [0.2, 0.25) is 0 Å². The Hall–Kier alpha value is -1.22. The molecule has 0 heteroatoms. The average molecular weight is 170 g/mol. The van der Waals surface area contributed by atoms with Crippen LogP contribution < -0.4 is 0 Å². The molecule has 1 aliphatic rings. The van der Waals surface area contributed by atoms with Crippen LogP contribution in [0.25, 0.3) is 0 Å². The van der Waals surface area contributed by atoms with Gasteiger partial charge in [0.15, 0.2) is 0 Å². The Morgan fingerprint density at radius 1 is 1.31 bits per heavy atom. The van der Waals surface area contributed by atoms with Crippen molar-refractivity contribution < 1.29 is 0 Å². The highest BCUT2D eigenvalue weighted by Gasteiger charge is 2.24. The maximum absolute atomic E-state index is 5.44. The molecular formula is C13H14. The van der Waals surface area contributed by atoms with Crippen LogP contribution in [0.5, 0.6) is 0 Å². The normalized spacial score (nSPS) is 17.8. The Morgan fingerprint density at radius 3 is 2.31 bits per heavy atom. The molecule has 0 bridgehead atoms. The summed E-state index contributed by atoms with van der Waals surface area (Å²) < 4.78 is 0. The molecule has 66 valence electrons. The van der Waals surface area contributed by atoms with E-state index in [2.05, 4.69) is 37.1 Å². The summed E-state index contributed by atoms with van der Waals surface area (Å²) in [6.45, 7) is 2.15. The third-order valence-electron chi connectivity index (χ3n) is 3.05. The lowest BCUT2D eigenvalue weighted by atomic mass is 9.92. The molecule has 0 saturated carbocycles. The van der Waals surface area contributed by atoms with Crippen LogP contribution in [0.15, 0.2) is 24.3 Å². The molecule has 0 saturated heterocycles. The second-order valence-corrected chi connectivity index (χ2v) is 3.89. The molecule has 0 N–H and O–H groups in total.